The fourth-order valence-electron chi connectivity index (χ4n) is 4.74. The Balaban J connectivity index is 2.06. The second-order valence-electron chi connectivity index (χ2n) is 7.11. The first-order valence-corrected chi connectivity index (χ1v) is 10.6. The summed E-state index contributed by atoms with van der Waals surface area (Å²) in [5.41, 5.74) is 3.91. The average Bonchev–Trinajstić information content (AvgIpc) is 3.17. The van der Waals surface area contributed by atoms with Gasteiger partial charge in [-0.3, -0.25) is 0 Å². The Morgan fingerprint density at radius 1 is 0.667 bits per heavy atom. The van der Waals surface area contributed by atoms with E-state index in [-0.39, 0.29) is 0 Å². The van der Waals surface area contributed by atoms with Gasteiger partial charge >= 0.3 is 0 Å². The number of hydrogen-bond donors (Lipinski definition) is 0. The Morgan fingerprint density at radius 3 is 2.19 bits per heavy atom. The number of fused-ring (bicyclic) bond motifs is 6. The Bertz CT molecular complexity index is 1690. The summed E-state index contributed by atoms with van der Waals surface area (Å²) in [5.74, 6) is 0. The first-order valence-electron chi connectivity index (χ1n) is 8.99. The van der Waals surface area contributed by atoms with Crippen molar-refractivity contribution < 1.29 is 0 Å². The predicted molar refractivity (Wildman–Crippen MR) is 122 cm³/mol. The molecule has 27 heavy (non-hydrogen) atoms. The maximum Gasteiger partial charge on any atom is 0.0734 e. The Morgan fingerprint density at radius 2 is 1.33 bits per heavy atom. The van der Waals surface area contributed by atoms with E-state index in [4.69, 9.17) is 0 Å². The third-order valence-electron chi connectivity index (χ3n) is 5.79. The normalized spacial score (nSPS) is 12.6. The molecule has 0 aliphatic heterocycles. The fourth-order valence-corrected chi connectivity index (χ4v) is 6.73. The molecule has 3 aromatic heterocycles. The molecule has 0 saturated heterocycles. The molecule has 3 heterocycles. The van der Waals surface area contributed by atoms with Gasteiger partial charge in [0.1, 0.15) is 0 Å². The molecular formula is C24H12BrNS. The molecule has 7 rings (SSSR count). The number of halogens is 1. The predicted octanol–water partition coefficient (Wildman–Crippen LogP) is 7.97. The van der Waals surface area contributed by atoms with E-state index in [0.29, 0.717) is 0 Å². The van der Waals surface area contributed by atoms with Crippen molar-refractivity contribution in [1.29, 1.82) is 0 Å². The fraction of sp³-hybridized carbons (Fsp3) is 0. The van der Waals surface area contributed by atoms with Crippen molar-refractivity contribution in [2.24, 2.45) is 0 Å². The highest BCUT2D eigenvalue weighted by Crippen LogP contribution is 2.48. The van der Waals surface area contributed by atoms with E-state index >= 15 is 0 Å². The van der Waals surface area contributed by atoms with Gasteiger partial charge in [0, 0.05) is 30.7 Å². The van der Waals surface area contributed by atoms with Crippen LogP contribution in [0.15, 0.2) is 77.3 Å². The smallest absolute Gasteiger partial charge is 0.0734 e. The molecule has 0 atom stereocenters. The van der Waals surface area contributed by atoms with E-state index in [1.165, 1.54) is 62.7 Å². The molecule has 0 unspecified atom stereocenters. The molecule has 0 saturated carbocycles. The summed E-state index contributed by atoms with van der Waals surface area (Å²) in [6, 6.07) is 26.6. The summed E-state index contributed by atoms with van der Waals surface area (Å²) in [6.07, 6.45) is 0. The Labute approximate surface area is 166 Å². The summed E-state index contributed by atoms with van der Waals surface area (Å²) in [7, 11) is 0. The molecule has 0 fully saturated rings. The van der Waals surface area contributed by atoms with Crippen LogP contribution in [0.2, 0.25) is 0 Å². The number of benzene rings is 4. The maximum absolute atomic E-state index is 3.83. The lowest BCUT2D eigenvalue weighted by atomic mass is 10.0. The van der Waals surface area contributed by atoms with Gasteiger partial charge in [0.2, 0.25) is 0 Å². The molecule has 0 bridgehead atoms. The minimum absolute atomic E-state index is 1.17. The molecule has 3 heteroatoms. The molecule has 0 amide bonds. The van der Waals surface area contributed by atoms with Gasteiger partial charge in [0.15, 0.2) is 0 Å². The van der Waals surface area contributed by atoms with E-state index in [2.05, 4.69) is 93.1 Å². The molecular weight excluding hydrogens is 414 g/mol. The minimum Gasteiger partial charge on any atom is -0.307 e. The van der Waals surface area contributed by atoms with Gasteiger partial charge in [0.25, 0.3) is 0 Å². The van der Waals surface area contributed by atoms with Crippen LogP contribution >= 0.6 is 27.3 Å². The van der Waals surface area contributed by atoms with E-state index in [0.717, 1.165) is 0 Å². The molecule has 1 nitrogen and oxygen atoms in total. The van der Waals surface area contributed by atoms with Crippen molar-refractivity contribution in [3.63, 3.8) is 0 Å². The molecule has 126 valence electrons. The Hall–Kier alpha value is -2.62. The first-order chi connectivity index (χ1) is 13.3. The third-order valence-corrected chi connectivity index (χ3v) is 7.60. The molecule has 0 aliphatic rings. The molecule has 0 spiro atoms. The van der Waals surface area contributed by atoms with Crippen LogP contribution in [0.3, 0.4) is 0 Å². The second kappa shape index (κ2) is 4.80. The van der Waals surface area contributed by atoms with Crippen molar-refractivity contribution >= 4 is 85.5 Å². The van der Waals surface area contributed by atoms with Crippen LogP contribution in [0.25, 0.3) is 58.3 Å². The van der Waals surface area contributed by atoms with Crippen LogP contribution in [0, 0.1) is 0 Å². The zero-order chi connectivity index (χ0) is 17.7. The Kier molecular flexibility index (Phi) is 2.57. The first kappa shape index (κ1) is 14.4. The summed E-state index contributed by atoms with van der Waals surface area (Å²) in [6.45, 7) is 0. The summed E-state index contributed by atoms with van der Waals surface area (Å²) >= 11 is 5.74. The molecule has 0 N–H and O–H groups in total. The average molecular weight is 426 g/mol. The topological polar surface area (TPSA) is 4.41 Å². The minimum atomic E-state index is 1.17. The van der Waals surface area contributed by atoms with Crippen LogP contribution in [0.5, 0.6) is 0 Å². The van der Waals surface area contributed by atoms with Crippen LogP contribution in [-0.2, 0) is 0 Å². The lowest BCUT2D eigenvalue weighted by Gasteiger charge is -2.05. The lowest BCUT2D eigenvalue weighted by molar-refractivity contribution is 1.36. The van der Waals surface area contributed by atoms with Crippen LogP contribution in [-0.4, -0.2) is 4.40 Å². The van der Waals surface area contributed by atoms with Gasteiger partial charge in [-0.05, 0) is 29.0 Å². The number of thiophene rings is 1. The van der Waals surface area contributed by atoms with Gasteiger partial charge in [0.05, 0.1) is 21.3 Å². The zero-order valence-corrected chi connectivity index (χ0v) is 16.6. The van der Waals surface area contributed by atoms with Crippen molar-refractivity contribution in [2.75, 3.05) is 0 Å². The summed E-state index contributed by atoms with van der Waals surface area (Å²) in [5, 5.41) is 7.99. The van der Waals surface area contributed by atoms with Crippen LogP contribution < -0.4 is 0 Å². The summed E-state index contributed by atoms with van der Waals surface area (Å²) < 4.78 is 6.38. The molecule has 0 radical (unpaired) electrons. The van der Waals surface area contributed by atoms with E-state index in [9.17, 15) is 0 Å². The summed E-state index contributed by atoms with van der Waals surface area (Å²) in [4.78, 5) is 0. The number of para-hydroxylation sites is 2. The van der Waals surface area contributed by atoms with Gasteiger partial charge in [-0.2, -0.15) is 0 Å². The largest absolute Gasteiger partial charge is 0.307 e. The van der Waals surface area contributed by atoms with Crippen LogP contribution in [0.4, 0.5) is 0 Å². The third kappa shape index (κ3) is 1.61. The SMILES string of the molecule is Brc1cc2sc3c4ccccc4n4c5ccccc5c5cccc1c5c2c34. The molecule has 0 aliphatic carbocycles. The van der Waals surface area contributed by atoms with E-state index < -0.39 is 0 Å². The van der Waals surface area contributed by atoms with Crippen molar-refractivity contribution in [1.82, 2.24) is 4.40 Å². The van der Waals surface area contributed by atoms with Gasteiger partial charge in [-0.1, -0.05) is 70.5 Å². The van der Waals surface area contributed by atoms with E-state index in [1.54, 1.807) is 0 Å². The number of rotatable bonds is 0. The lowest BCUT2D eigenvalue weighted by Crippen LogP contribution is -1.83. The zero-order valence-electron chi connectivity index (χ0n) is 14.2. The molecule has 4 aromatic carbocycles. The van der Waals surface area contributed by atoms with Crippen molar-refractivity contribution in [3.8, 4) is 0 Å². The second-order valence-corrected chi connectivity index (χ2v) is 9.02. The van der Waals surface area contributed by atoms with Crippen LogP contribution in [0.1, 0.15) is 0 Å². The van der Waals surface area contributed by atoms with Gasteiger partial charge in [-0.15, -0.1) is 11.3 Å². The highest BCUT2D eigenvalue weighted by molar-refractivity contribution is 9.10. The maximum atomic E-state index is 3.83. The van der Waals surface area contributed by atoms with Crippen molar-refractivity contribution in [3.05, 3.63) is 77.3 Å². The number of hydrogen-bond acceptors (Lipinski definition) is 1. The number of nitrogens with zero attached hydrogens (tertiary/aromatic N) is 1. The van der Waals surface area contributed by atoms with Gasteiger partial charge in [-0.25, -0.2) is 0 Å². The van der Waals surface area contributed by atoms with Crippen molar-refractivity contribution in [2.45, 2.75) is 0 Å². The standard InChI is InChI=1S/C24H12BrNS/c25-17-12-20-22-21-14(8-5-9-15(17)21)13-6-1-3-10-18(13)26-19-11-4-2-7-16(19)24(27-20)23(22)26/h1-12H. The highest BCUT2D eigenvalue weighted by atomic mass is 79.9. The van der Waals surface area contributed by atoms with E-state index in [1.807, 2.05) is 11.3 Å². The molecule has 7 aromatic rings. The monoisotopic (exact) mass is 425 g/mol. The van der Waals surface area contributed by atoms with Gasteiger partial charge < -0.3 is 4.40 Å². The highest BCUT2D eigenvalue weighted by Gasteiger charge is 2.21. The number of aromatic nitrogens is 1. The quantitative estimate of drug-likeness (QED) is 0.232.